The quantitative estimate of drug-likeness (QED) is 0.685. The molecule has 1 aromatic rings. The zero-order valence-electron chi connectivity index (χ0n) is 18.2. The first-order valence-corrected chi connectivity index (χ1v) is 10.1. The molecule has 2 N–H and O–H groups in total. The van der Waals surface area contributed by atoms with Gasteiger partial charge in [-0.1, -0.05) is 6.92 Å². The molecule has 1 atom stereocenters. The number of nitrogens with one attached hydrogen (secondary N) is 2. The van der Waals surface area contributed by atoms with Crippen LogP contribution in [0.3, 0.4) is 0 Å². The lowest BCUT2D eigenvalue weighted by Crippen LogP contribution is -2.51. The van der Waals surface area contributed by atoms with Gasteiger partial charge in [0.15, 0.2) is 11.5 Å². The van der Waals surface area contributed by atoms with E-state index in [4.69, 9.17) is 9.47 Å². The molecule has 1 aliphatic rings. The molecule has 1 fully saturated rings. The lowest BCUT2D eigenvalue weighted by atomic mass is 10.1. The minimum absolute atomic E-state index is 0.0476. The molecule has 1 aliphatic heterocycles. The Kier molecular flexibility index (Phi) is 8.72. The van der Waals surface area contributed by atoms with Crippen molar-refractivity contribution in [1.82, 2.24) is 20.4 Å². The van der Waals surface area contributed by atoms with Crippen molar-refractivity contribution >= 4 is 11.9 Å². The summed E-state index contributed by atoms with van der Waals surface area (Å²) in [7, 11) is 3.28. The Morgan fingerprint density at radius 1 is 1.07 bits per heavy atom. The number of amides is 3. The fourth-order valence-corrected chi connectivity index (χ4v) is 3.27. The molecule has 0 aliphatic carbocycles. The molecule has 1 saturated heterocycles. The highest BCUT2D eigenvalue weighted by Crippen LogP contribution is 2.30. The highest BCUT2D eigenvalue weighted by Gasteiger charge is 2.21. The van der Waals surface area contributed by atoms with Gasteiger partial charge in [-0.3, -0.25) is 19.9 Å². The summed E-state index contributed by atoms with van der Waals surface area (Å²) >= 11 is 0. The van der Waals surface area contributed by atoms with Gasteiger partial charge in [-0.2, -0.15) is 0 Å². The Hall–Kier alpha value is -2.32. The van der Waals surface area contributed by atoms with Gasteiger partial charge in [-0.05, 0) is 43.5 Å². The summed E-state index contributed by atoms with van der Waals surface area (Å²) in [5, 5.41) is 5.14. The number of urea groups is 1. The van der Waals surface area contributed by atoms with Crippen molar-refractivity contribution in [1.29, 1.82) is 0 Å². The third-order valence-corrected chi connectivity index (χ3v) is 5.31. The van der Waals surface area contributed by atoms with Crippen LogP contribution in [0.1, 0.15) is 31.4 Å². The van der Waals surface area contributed by atoms with E-state index in [0.29, 0.717) is 0 Å². The number of imide groups is 1. The molecule has 1 aromatic carbocycles. The van der Waals surface area contributed by atoms with E-state index in [1.807, 2.05) is 26.0 Å². The zero-order valence-corrected chi connectivity index (χ0v) is 18.2. The van der Waals surface area contributed by atoms with Crippen LogP contribution in [0.15, 0.2) is 12.1 Å². The Balaban J connectivity index is 1.81. The van der Waals surface area contributed by atoms with Crippen molar-refractivity contribution in [2.24, 2.45) is 0 Å². The Bertz CT molecular complexity index is 702. The molecule has 3 amide bonds. The zero-order chi connectivity index (χ0) is 21.4. The lowest BCUT2D eigenvalue weighted by molar-refractivity contribution is -0.121. The van der Waals surface area contributed by atoms with Gasteiger partial charge in [0.2, 0.25) is 5.91 Å². The fourth-order valence-electron chi connectivity index (χ4n) is 3.27. The molecular formula is C21H34N4O4. The minimum Gasteiger partial charge on any atom is -0.493 e. The smallest absolute Gasteiger partial charge is 0.321 e. The summed E-state index contributed by atoms with van der Waals surface area (Å²) in [6.07, 6.45) is 0.823. The predicted octanol–water partition coefficient (Wildman–Crippen LogP) is 1.75. The highest BCUT2D eigenvalue weighted by atomic mass is 16.5. The first-order chi connectivity index (χ1) is 13.9. The molecule has 0 spiro atoms. The molecule has 162 valence electrons. The Labute approximate surface area is 173 Å². The van der Waals surface area contributed by atoms with Gasteiger partial charge in [-0.25, -0.2) is 4.79 Å². The Morgan fingerprint density at radius 2 is 1.66 bits per heavy atom. The second kappa shape index (κ2) is 11.0. The van der Waals surface area contributed by atoms with Crippen molar-refractivity contribution in [2.45, 2.75) is 39.8 Å². The summed E-state index contributed by atoms with van der Waals surface area (Å²) in [4.78, 5) is 28.3. The number of nitrogens with zero attached hydrogens (tertiary/aromatic N) is 2. The second-order valence-corrected chi connectivity index (χ2v) is 7.52. The van der Waals surface area contributed by atoms with E-state index in [-0.39, 0.29) is 18.5 Å². The lowest BCUT2D eigenvalue weighted by Gasteiger charge is -2.34. The molecular weight excluding hydrogens is 372 g/mol. The van der Waals surface area contributed by atoms with Gasteiger partial charge in [0.1, 0.15) is 0 Å². The monoisotopic (exact) mass is 406 g/mol. The topological polar surface area (TPSA) is 83.1 Å². The molecule has 8 nitrogen and oxygen atoms in total. The molecule has 8 heteroatoms. The molecule has 0 unspecified atom stereocenters. The van der Waals surface area contributed by atoms with E-state index < -0.39 is 6.03 Å². The molecule has 29 heavy (non-hydrogen) atoms. The van der Waals surface area contributed by atoms with Gasteiger partial charge in [-0.15, -0.1) is 0 Å². The van der Waals surface area contributed by atoms with Crippen LogP contribution in [-0.2, 0) is 11.3 Å². The van der Waals surface area contributed by atoms with Gasteiger partial charge in [0.05, 0.1) is 20.8 Å². The van der Waals surface area contributed by atoms with E-state index >= 15 is 0 Å². The van der Waals surface area contributed by atoms with E-state index in [1.165, 1.54) is 5.56 Å². The van der Waals surface area contributed by atoms with Crippen molar-refractivity contribution in [3.8, 4) is 11.5 Å². The number of hydrogen-bond acceptors (Lipinski definition) is 6. The number of hydrogen-bond donors (Lipinski definition) is 2. The minimum atomic E-state index is -0.424. The maximum Gasteiger partial charge on any atom is 0.321 e. The summed E-state index contributed by atoms with van der Waals surface area (Å²) in [5.74, 6) is 1.20. The number of benzene rings is 1. The average molecular weight is 407 g/mol. The van der Waals surface area contributed by atoms with Gasteiger partial charge in [0, 0.05) is 38.8 Å². The number of rotatable bonds is 8. The van der Waals surface area contributed by atoms with Crippen molar-refractivity contribution < 1.29 is 19.1 Å². The summed E-state index contributed by atoms with van der Waals surface area (Å²) in [6.45, 7) is 10.3. The summed E-state index contributed by atoms with van der Waals surface area (Å²) in [6, 6.07) is 3.65. The summed E-state index contributed by atoms with van der Waals surface area (Å²) in [5.41, 5.74) is 2.37. The van der Waals surface area contributed by atoms with Crippen LogP contribution in [0, 0.1) is 6.92 Å². The van der Waals surface area contributed by atoms with Crippen LogP contribution in [0.2, 0.25) is 0 Å². The van der Waals surface area contributed by atoms with Crippen LogP contribution >= 0.6 is 0 Å². The van der Waals surface area contributed by atoms with Crippen LogP contribution in [0.25, 0.3) is 0 Å². The second-order valence-electron chi connectivity index (χ2n) is 7.52. The van der Waals surface area contributed by atoms with E-state index in [9.17, 15) is 9.59 Å². The Morgan fingerprint density at radius 3 is 2.24 bits per heavy atom. The number of carbonyl (C=O) groups is 2. The fraction of sp³-hybridized carbons (Fsp3) is 0.619. The molecule has 0 bridgehead atoms. The van der Waals surface area contributed by atoms with Crippen molar-refractivity contribution in [3.63, 3.8) is 0 Å². The van der Waals surface area contributed by atoms with Crippen LogP contribution < -0.4 is 20.1 Å². The van der Waals surface area contributed by atoms with Gasteiger partial charge in [0.25, 0.3) is 0 Å². The number of methoxy groups -OCH3 is 2. The van der Waals surface area contributed by atoms with Crippen LogP contribution in [0.4, 0.5) is 4.79 Å². The molecule has 1 heterocycles. The van der Waals surface area contributed by atoms with Gasteiger partial charge >= 0.3 is 6.03 Å². The summed E-state index contributed by atoms with van der Waals surface area (Å²) < 4.78 is 10.8. The first-order valence-electron chi connectivity index (χ1n) is 10.1. The molecule has 0 saturated carbocycles. The molecule has 0 radical (unpaired) electrons. The van der Waals surface area contributed by atoms with Crippen LogP contribution in [0.5, 0.6) is 11.5 Å². The van der Waals surface area contributed by atoms with Crippen molar-refractivity contribution in [2.75, 3.05) is 46.9 Å². The SMILES string of the molecule is CC[C@@H](C)NC(=O)NC(=O)CN1CCN(Cc2cc(OC)c(OC)cc2C)CC1. The van der Waals surface area contributed by atoms with Crippen LogP contribution in [-0.4, -0.2) is 74.7 Å². The largest absolute Gasteiger partial charge is 0.493 e. The highest BCUT2D eigenvalue weighted by molar-refractivity contribution is 5.95. The number of ether oxygens (including phenoxy) is 2. The maximum absolute atomic E-state index is 12.1. The predicted molar refractivity (Wildman–Crippen MR) is 112 cm³/mol. The molecule has 2 rings (SSSR count). The van der Waals surface area contributed by atoms with Gasteiger partial charge < -0.3 is 14.8 Å². The number of piperazine rings is 1. The average Bonchev–Trinajstić information content (AvgIpc) is 2.70. The van der Waals surface area contributed by atoms with Crippen molar-refractivity contribution in [3.05, 3.63) is 23.3 Å². The van der Waals surface area contributed by atoms with E-state index in [1.54, 1.807) is 14.2 Å². The standard InChI is InChI=1S/C21H34N4O4/c1-6-16(3)22-21(27)23-20(26)14-25-9-7-24(8-10-25)13-17-12-19(29-5)18(28-4)11-15(17)2/h11-12,16H,6-10,13-14H2,1-5H3,(H2,22,23,26,27)/t16-/m1/s1. The van der Waals surface area contributed by atoms with E-state index in [0.717, 1.165) is 56.2 Å². The third-order valence-electron chi connectivity index (χ3n) is 5.31. The third kappa shape index (κ3) is 6.90. The number of carbonyl (C=O) groups excluding carboxylic acids is 2. The van der Waals surface area contributed by atoms with E-state index in [2.05, 4.69) is 27.4 Å². The molecule has 0 aromatic heterocycles. The number of aryl methyl sites for hydroxylation is 1. The normalized spacial score (nSPS) is 16.2. The first kappa shape index (κ1) is 23.0. The maximum atomic E-state index is 12.1.